The molecule has 1 atom stereocenters. The predicted octanol–water partition coefficient (Wildman–Crippen LogP) is 3.96. The van der Waals surface area contributed by atoms with Crippen molar-refractivity contribution in [3.63, 3.8) is 0 Å². The van der Waals surface area contributed by atoms with Gasteiger partial charge in [-0.3, -0.25) is 4.98 Å². The van der Waals surface area contributed by atoms with Gasteiger partial charge in [-0.2, -0.15) is 4.31 Å². The van der Waals surface area contributed by atoms with Crippen molar-refractivity contribution < 1.29 is 22.6 Å². The molecule has 1 fully saturated rings. The monoisotopic (exact) mass is 474 g/mol. The van der Waals surface area contributed by atoms with E-state index in [-0.39, 0.29) is 13.1 Å². The van der Waals surface area contributed by atoms with Crippen molar-refractivity contribution in [2.45, 2.75) is 23.7 Å². The van der Waals surface area contributed by atoms with Crippen LogP contribution in [-0.2, 0) is 27.8 Å². The van der Waals surface area contributed by atoms with Crippen LogP contribution >= 0.6 is 11.3 Å². The number of ether oxygens (including phenoxy) is 3. The summed E-state index contributed by atoms with van der Waals surface area (Å²) in [7, 11) is -2.08. The van der Waals surface area contributed by atoms with Gasteiger partial charge in [-0.1, -0.05) is 18.2 Å². The molecule has 2 aromatic heterocycles. The number of aromatic nitrogens is 1. The van der Waals surface area contributed by atoms with E-state index >= 15 is 0 Å². The van der Waals surface area contributed by atoms with Crippen molar-refractivity contribution in [2.24, 2.45) is 5.92 Å². The first-order valence-electron chi connectivity index (χ1n) is 10.4. The van der Waals surface area contributed by atoms with Crippen molar-refractivity contribution in [2.75, 3.05) is 26.9 Å². The Balaban J connectivity index is 1.58. The second-order valence-electron chi connectivity index (χ2n) is 7.59. The third kappa shape index (κ3) is 5.47. The van der Waals surface area contributed by atoms with E-state index < -0.39 is 10.0 Å². The molecule has 170 valence electrons. The van der Waals surface area contributed by atoms with Gasteiger partial charge in [0.15, 0.2) is 11.5 Å². The lowest BCUT2D eigenvalue weighted by Crippen LogP contribution is -2.29. The molecule has 32 heavy (non-hydrogen) atoms. The van der Waals surface area contributed by atoms with Crippen molar-refractivity contribution in [3.8, 4) is 11.5 Å². The molecule has 0 saturated carbocycles. The minimum atomic E-state index is -3.67. The van der Waals surface area contributed by atoms with Gasteiger partial charge in [0.2, 0.25) is 0 Å². The van der Waals surface area contributed by atoms with E-state index in [1.165, 1.54) is 15.6 Å². The molecule has 1 aliphatic heterocycles. The van der Waals surface area contributed by atoms with Gasteiger partial charge in [-0.15, -0.1) is 11.3 Å². The topological polar surface area (TPSA) is 78.0 Å². The van der Waals surface area contributed by atoms with Gasteiger partial charge in [-0.05, 0) is 47.2 Å². The van der Waals surface area contributed by atoms with Gasteiger partial charge in [0.25, 0.3) is 10.0 Å². The highest BCUT2D eigenvalue weighted by atomic mass is 32.2. The molecule has 0 aliphatic carbocycles. The van der Waals surface area contributed by atoms with E-state index in [1.807, 2.05) is 24.3 Å². The first-order chi connectivity index (χ1) is 15.6. The molecular formula is C23H26N2O5S2. The summed E-state index contributed by atoms with van der Waals surface area (Å²) in [6, 6.07) is 12.6. The Hall–Kier alpha value is -2.46. The molecule has 0 radical (unpaired) electrons. The predicted molar refractivity (Wildman–Crippen MR) is 122 cm³/mol. The Morgan fingerprint density at radius 3 is 2.72 bits per heavy atom. The van der Waals surface area contributed by atoms with E-state index in [0.29, 0.717) is 34.8 Å². The van der Waals surface area contributed by atoms with Crippen molar-refractivity contribution in [3.05, 3.63) is 71.4 Å². The Bertz CT molecular complexity index is 1100. The number of hydrogen-bond acceptors (Lipinski definition) is 7. The molecule has 0 N–H and O–H groups in total. The Morgan fingerprint density at radius 2 is 2.03 bits per heavy atom. The van der Waals surface area contributed by atoms with Gasteiger partial charge >= 0.3 is 0 Å². The Kier molecular flexibility index (Phi) is 7.41. The summed E-state index contributed by atoms with van der Waals surface area (Å²) in [6.45, 7) is 2.40. The molecule has 1 aliphatic rings. The average molecular weight is 475 g/mol. The molecule has 0 bridgehead atoms. The molecule has 0 amide bonds. The van der Waals surface area contributed by atoms with E-state index in [1.54, 1.807) is 43.1 Å². The van der Waals surface area contributed by atoms with Crippen LogP contribution in [0, 0.1) is 5.92 Å². The summed E-state index contributed by atoms with van der Waals surface area (Å²) in [5, 5.41) is 1.77. The molecular weight excluding hydrogens is 448 g/mol. The van der Waals surface area contributed by atoms with E-state index in [9.17, 15) is 8.42 Å². The zero-order valence-corrected chi connectivity index (χ0v) is 19.5. The lowest BCUT2D eigenvalue weighted by Gasteiger charge is -2.22. The minimum absolute atomic E-state index is 0.196. The highest BCUT2D eigenvalue weighted by Crippen LogP contribution is 2.31. The first-order valence-corrected chi connectivity index (χ1v) is 12.7. The lowest BCUT2D eigenvalue weighted by molar-refractivity contribution is 0.165. The summed E-state index contributed by atoms with van der Waals surface area (Å²) in [4.78, 5) is 4.12. The van der Waals surface area contributed by atoms with Crippen LogP contribution in [0.1, 0.15) is 17.5 Å². The highest BCUT2D eigenvalue weighted by Gasteiger charge is 2.26. The average Bonchev–Trinajstić information content (AvgIpc) is 3.53. The van der Waals surface area contributed by atoms with Gasteiger partial charge in [0.05, 0.1) is 20.3 Å². The van der Waals surface area contributed by atoms with Crippen molar-refractivity contribution in [1.29, 1.82) is 0 Å². The Labute approximate surface area is 192 Å². The van der Waals surface area contributed by atoms with Crippen LogP contribution in [0.25, 0.3) is 0 Å². The zero-order valence-electron chi connectivity index (χ0n) is 17.8. The summed E-state index contributed by atoms with van der Waals surface area (Å²) in [5.41, 5.74) is 1.63. The smallest absolute Gasteiger partial charge is 0.253 e. The summed E-state index contributed by atoms with van der Waals surface area (Å²) >= 11 is 1.21. The summed E-state index contributed by atoms with van der Waals surface area (Å²) < 4.78 is 45.4. The highest BCUT2D eigenvalue weighted by molar-refractivity contribution is 7.91. The van der Waals surface area contributed by atoms with Crippen LogP contribution in [0.5, 0.6) is 11.5 Å². The van der Waals surface area contributed by atoms with Crippen LogP contribution in [0.15, 0.2) is 64.4 Å². The van der Waals surface area contributed by atoms with Crippen LogP contribution in [0.4, 0.5) is 0 Å². The molecule has 0 unspecified atom stereocenters. The number of pyridine rings is 1. The maximum atomic E-state index is 13.4. The molecule has 0 spiro atoms. The number of rotatable bonds is 10. The number of thiophene rings is 1. The lowest BCUT2D eigenvalue weighted by atomic mass is 10.1. The van der Waals surface area contributed by atoms with E-state index in [4.69, 9.17) is 14.2 Å². The molecule has 9 heteroatoms. The molecule has 1 saturated heterocycles. The molecule has 3 aromatic rings. The fraction of sp³-hybridized carbons (Fsp3) is 0.348. The van der Waals surface area contributed by atoms with Crippen LogP contribution < -0.4 is 9.47 Å². The van der Waals surface area contributed by atoms with Gasteiger partial charge < -0.3 is 14.2 Å². The maximum absolute atomic E-state index is 13.4. The van der Waals surface area contributed by atoms with Gasteiger partial charge in [0.1, 0.15) is 4.21 Å². The van der Waals surface area contributed by atoms with E-state index in [0.717, 1.165) is 24.2 Å². The second-order valence-corrected chi connectivity index (χ2v) is 10.7. The number of methoxy groups -OCH3 is 1. The third-order valence-electron chi connectivity index (χ3n) is 5.26. The molecule has 7 nitrogen and oxygen atoms in total. The largest absolute Gasteiger partial charge is 0.493 e. The van der Waals surface area contributed by atoms with Crippen molar-refractivity contribution in [1.82, 2.24) is 9.29 Å². The molecule has 1 aromatic carbocycles. The van der Waals surface area contributed by atoms with Crippen LogP contribution in [0.2, 0.25) is 0 Å². The summed E-state index contributed by atoms with van der Waals surface area (Å²) in [6.07, 6.45) is 4.33. The van der Waals surface area contributed by atoms with Gasteiger partial charge in [-0.25, -0.2) is 8.42 Å². The number of sulfonamides is 1. The number of hydrogen-bond donors (Lipinski definition) is 0. The number of benzene rings is 1. The van der Waals surface area contributed by atoms with Crippen LogP contribution in [0.3, 0.4) is 0 Å². The number of nitrogens with zero attached hydrogens (tertiary/aromatic N) is 2. The third-order valence-corrected chi connectivity index (χ3v) is 8.42. The Morgan fingerprint density at radius 1 is 1.16 bits per heavy atom. The van der Waals surface area contributed by atoms with Crippen LogP contribution in [-0.4, -0.2) is 44.6 Å². The second kappa shape index (κ2) is 10.4. The quantitative estimate of drug-likeness (QED) is 0.443. The standard InChI is InChI=1S/C23H26N2O5S2/c1-28-21-7-6-18(12-22(21)30-17-20-8-10-29-16-20)14-25(15-19-4-2-9-24-13-19)32(26,27)23-5-3-11-31-23/h2-7,9,11-13,20H,8,10,14-17H2,1H3/t20-/m0/s1. The van der Waals surface area contributed by atoms with E-state index in [2.05, 4.69) is 4.98 Å². The SMILES string of the molecule is COc1ccc(CN(Cc2cccnc2)S(=O)(=O)c2cccs2)cc1OC[C@H]1CCOC1. The normalized spacial score (nSPS) is 16.4. The first kappa shape index (κ1) is 22.7. The van der Waals surface area contributed by atoms with Crippen molar-refractivity contribution >= 4 is 21.4 Å². The molecule has 3 heterocycles. The minimum Gasteiger partial charge on any atom is -0.493 e. The fourth-order valence-corrected chi connectivity index (χ4v) is 6.08. The zero-order chi connectivity index (χ0) is 22.4. The summed E-state index contributed by atoms with van der Waals surface area (Å²) in [5.74, 6) is 1.57. The van der Waals surface area contributed by atoms with Gasteiger partial charge in [0, 0.05) is 38.0 Å². The fourth-order valence-electron chi connectivity index (χ4n) is 3.52. The molecule has 4 rings (SSSR count). The maximum Gasteiger partial charge on any atom is 0.253 e.